The van der Waals surface area contributed by atoms with E-state index in [-0.39, 0.29) is 22.3 Å². The third-order valence-electron chi connectivity index (χ3n) is 5.82. The van der Waals surface area contributed by atoms with E-state index in [0.717, 1.165) is 24.0 Å². The first-order valence-corrected chi connectivity index (χ1v) is 12.5. The van der Waals surface area contributed by atoms with Gasteiger partial charge in [0, 0.05) is 23.6 Å². The van der Waals surface area contributed by atoms with Crippen molar-refractivity contribution >= 4 is 23.8 Å². The van der Waals surface area contributed by atoms with E-state index in [4.69, 9.17) is 0 Å². The van der Waals surface area contributed by atoms with Gasteiger partial charge < -0.3 is 10.2 Å². The van der Waals surface area contributed by atoms with Crippen LogP contribution in [-0.2, 0) is 12.8 Å². The number of hydrogen-bond donors (Lipinski definition) is 2. The van der Waals surface area contributed by atoms with Crippen LogP contribution >= 0.6 is 0 Å². The first-order chi connectivity index (χ1) is 16.7. The summed E-state index contributed by atoms with van der Waals surface area (Å²) in [6, 6.07) is 15.7. The van der Waals surface area contributed by atoms with Gasteiger partial charge in [-0.3, -0.25) is 9.98 Å². The molecule has 0 aliphatic heterocycles. The van der Waals surface area contributed by atoms with Crippen LogP contribution in [0.3, 0.4) is 0 Å². The van der Waals surface area contributed by atoms with E-state index in [0.29, 0.717) is 22.5 Å². The largest absolute Gasteiger partial charge is 0.507 e. The lowest BCUT2D eigenvalue weighted by molar-refractivity contribution is 0.410. The Labute approximate surface area is 216 Å². The normalized spacial score (nSPS) is 12.7. The molecule has 0 heterocycles. The van der Waals surface area contributed by atoms with Gasteiger partial charge in [-0.25, -0.2) is 0 Å². The minimum Gasteiger partial charge on any atom is -0.507 e. The van der Waals surface area contributed by atoms with Gasteiger partial charge in [-0.1, -0.05) is 65.8 Å². The lowest BCUT2D eigenvalue weighted by atomic mass is 9.87. The fraction of sp³-hybridized carbons (Fsp3) is 0.375. The van der Waals surface area contributed by atoms with Gasteiger partial charge in [-0.15, -0.1) is 0 Å². The summed E-state index contributed by atoms with van der Waals surface area (Å²) in [5.41, 5.74) is 7.07. The maximum atomic E-state index is 10.6. The molecule has 4 heteroatoms. The van der Waals surface area contributed by atoms with Crippen molar-refractivity contribution in [2.24, 2.45) is 20.8 Å². The van der Waals surface area contributed by atoms with Gasteiger partial charge in [-0.2, -0.15) is 0 Å². The number of hydrogen-bond acceptors (Lipinski definition) is 4. The summed E-state index contributed by atoms with van der Waals surface area (Å²) in [6.45, 7) is 17.1. The molecule has 2 N–H and O–H groups in total. The van der Waals surface area contributed by atoms with E-state index < -0.39 is 0 Å². The Morgan fingerprint density at radius 3 is 1.33 bits per heavy atom. The van der Waals surface area contributed by atoms with E-state index in [1.54, 1.807) is 12.4 Å². The number of rotatable bonds is 6. The SMILES string of the molecule is Cc1cc(CC(C)(C)C)cc(C=Nc2ccccc2N=Cc2cc(CC(C)(C)C)cc(C)c2O)c1O. The Kier molecular flexibility index (Phi) is 8.08. The van der Waals surface area contributed by atoms with Crippen molar-refractivity contribution in [1.29, 1.82) is 0 Å². The van der Waals surface area contributed by atoms with Crippen LogP contribution in [0.15, 0.2) is 58.5 Å². The predicted octanol–water partition coefficient (Wildman–Crippen LogP) is 8.39. The highest BCUT2D eigenvalue weighted by Gasteiger charge is 2.15. The third kappa shape index (κ3) is 7.55. The van der Waals surface area contributed by atoms with Crippen LogP contribution in [0.2, 0.25) is 0 Å². The summed E-state index contributed by atoms with van der Waals surface area (Å²) in [4.78, 5) is 9.35. The highest BCUT2D eigenvalue weighted by Crippen LogP contribution is 2.32. The molecular weight excluding hydrogens is 444 g/mol. The first kappa shape index (κ1) is 27.2. The van der Waals surface area contributed by atoms with Gasteiger partial charge in [0.05, 0.1) is 11.4 Å². The zero-order chi connectivity index (χ0) is 26.7. The molecule has 0 aromatic heterocycles. The van der Waals surface area contributed by atoms with Crippen molar-refractivity contribution in [2.45, 2.75) is 68.2 Å². The molecule has 36 heavy (non-hydrogen) atoms. The van der Waals surface area contributed by atoms with Crippen molar-refractivity contribution in [3.8, 4) is 11.5 Å². The zero-order valence-electron chi connectivity index (χ0n) is 23.0. The molecule has 0 bridgehead atoms. The van der Waals surface area contributed by atoms with Gasteiger partial charge in [0.1, 0.15) is 11.5 Å². The third-order valence-corrected chi connectivity index (χ3v) is 5.82. The molecule has 0 saturated heterocycles. The maximum Gasteiger partial charge on any atom is 0.127 e. The molecule has 0 radical (unpaired) electrons. The Morgan fingerprint density at radius 1 is 0.639 bits per heavy atom. The van der Waals surface area contributed by atoms with Crippen LogP contribution in [0.5, 0.6) is 11.5 Å². The second kappa shape index (κ2) is 10.7. The maximum absolute atomic E-state index is 10.6. The summed E-state index contributed by atoms with van der Waals surface area (Å²) in [7, 11) is 0. The Balaban J connectivity index is 1.93. The molecule has 190 valence electrons. The van der Waals surface area contributed by atoms with Crippen molar-refractivity contribution < 1.29 is 10.2 Å². The molecule has 4 nitrogen and oxygen atoms in total. The molecule has 0 fully saturated rings. The summed E-state index contributed by atoms with van der Waals surface area (Å²) in [6.07, 6.45) is 5.23. The smallest absolute Gasteiger partial charge is 0.127 e. The van der Waals surface area contributed by atoms with E-state index in [9.17, 15) is 10.2 Å². The fourth-order valence-electron chi connectivity index (χ4n) is 4.35. The number of aromatic hydroxyl groups is 2. The van der Waals surface area contributed by atoms with Crippen molar-refractivity contribution in [3.63, 3.8) is 0 Å². The van der Waals surface area contributed by atoms with E-state index in [1.165, 1.54) is 11.1 Å². The number of aryl methyl sites for hydroxylation is 2. The highest BCUT2D eigenvalue weighted by molar-refractivity contribution is 5.90. The monoisotopic (exact) mass is 484 g/mol. The number of para-hydroxylation sites is 2. The molecule has 0 atom stereocenters. The number of phenols is 2. The van der Waals surface area contributed by atoms with Crippen LogP contribution in [0.25, 0.3) is 0 Å². The number of benzene rings is 3. The van der Waals surface area contributed by atoms with Gasteiger partial charge >= 0.3 is 0 Å². The molecule has 3 rings (SSSR count). The lowest BCUT2D eigenvalue weighted by Crippen LogP contribution is -2.09. The Bertz CT molecular complexity index is 1190. The second-order valence-corrected chi connectivity index (χ2v) is 12.2. The fourth-order valence-corrected chi connectivity index (χ4v) is 4.35. The van der Waals surface area contributed by atoms with Crippen molar-refractivity contribution in [3.05, 3.63) is 81.9 Å². The predicted molar refractivity (Wildman–Crippen MR) is 153 cm³/mol. The molecule has 3 aromatic rings. The number of nitrogens with zero attached hydrogens (tertiary/aromatic N) is 2. The average Bonchev–Trinajstić information content (AvgIpc) is 2.75. The average molecular weight is 485 g/mol. The van der Waals surface area contributed by atoms with Gasteiger partial charge in [0.15, 0.2) is 0 Å². The highest BCUT2D eigenvalue weighted by atomic mass is 16.3. The zero-order valence-corrected chi connectivity index (χ0v) is 23.0. The van der Waals surface area contributed by atoms with Crippen LogP contribution in [0.4, 0.5) is 11.4 Å². The minimum absolute atomic E-state index is 0.146. The molecule has 0 aliphatic rings. The van der Waals surface area contributed by atoms with Crippen LogP contribution in [0, 0.1) is 24.7 Å². The van der Waals surface area contributed by atoms with E-state index in [2.05, 4.69) is 51.5 Å². The van der Waals surface area contributed by atoms with E-state index >= 15 is 0 Å². The number of phenolic OH excluding ortho intramolecular Hbond substituents is 2. The van der Waals surface area contributed by atoms with Gasteiger partial charge in [0.2, 0.25) is 0 Å². The van der Waals surface area contributed by atoms with E-state index in [1.807, 2.05) is 62.4 Å². The Morgan fingerprint density at radius 2 is 1.00 bits per heavy atom. The topological polar surface area (TPSA) is 65.2 Å². The van der Waals surface area contributed by atoms with Crippen molar-refractivity contribution in [2.75, 3.05) is 0 Å². The Hall–Kier alpha value is -3.40. The minimum atomic E-state index is 0.146. The molecule has 0 amide bonds. The molecule has 3 aromatic carbocycles. The quantitative estimate of drug-likeness (QED) is 0.345. The summed E-state index contributed by atoms with van der Waals surface area (Å²) in [5.74, 6) is 0.488. The molecule has 0 saturated carbocycles. The van der Waals surface area contributed by atoms with Crippen LogP contribution in [-0.4, -0.2) is 22.6 Å². The summed E-state index contributed by atoms with van der Waals surface area (Å²) >= 11 is 0. The standard InChI is InChI=1S/C32H40N2O2/c1-21-13-23(17-31(3,4)5)15-25(29(21)35)19-33-27-11-9-10-12-28(27)34-20-26-16-24(18-32(6,7)8)14-22(2)30(26)36/h9-16,19-20,35-36H,17-18H2,1-8H3. The molecule has 0 unspecified atom stereocenters. The van der Waals surface area contributed by atoms with Gasteiger partial charge in [-0.05, 0) is 84.0 Å². The second-order valence-electron chi connectivity index (χ2n) is 12.2. The van der Waals surface area contributed by atoms with Crippen LogP contribution in [0.1, 0.15) is 74.9 Å². The first-order valence-electron chi connectivity index (χ1n) is 12.5. The van der Waals surface area contributed by atoms with Gasteiger partial charge in [0.25, 0.3) is 0 Å². The summed E-state index contributed by atoms with van der Waals surface area (Å²) < 4.78 is 0. The molecular formula is C32H40N2O2. The van der Waals surface area contributed by atoms with Crippen molar-refractivity contribution in [1.82, 2.24) is 0 Å². The molecule has 0 aliphatic carbocycles. The summed E-state index contributed by atoms with van der Waals surface area (Å²) in [5, 5.41) is 21.3. The lowest BCUT2D eigenvalue weighted by Gasteiger charge is -2.19. The molecule has 0 spiro atoms. The number of aliphatic imine (C=N–C) groups is 2. The van der Waals surface area contributed by atoms with Crippen LogP contribution < -0.4 is 0 Å².